The van der Waals surface area contributed by atoms with Crippen LogP contribution in [-0.2, 0) is 13.0 Å². The van der Waals surface area contributed by atoms with Crippen LogP contribution in [0.15, 0.2) is 29.1 Å². The molecule has 1 aliphatic carbocycles. The summed E-state index contributed by atoms with van der Waals surface area (Å²) in [7, 11) is 3.18. The van der Waals surface area contributed by atoms with Crippen molar-refractivity contribution in [2.24, 2.45) is 5.92 Å². The second kappa shape index (κ2) is 7.94. The Kier molecular flexibility index (Phi) is 4.95. The monoisotopic (exact) mass is 479 g/mol. The van der Waals surface area contributed by atoms with Gasteiger partial charge in [0.2, 0.25) is 5.69 Å². The number of quaternary nitrogens is 1. The Morgan fingerprint density at radius 3 is 2.71 bits per heavy atom. The number of carbonyl (C=O) groups excluding carboxylic acids is 1. The lowest BCUT2D eigenvalue weighted by Gasteiger charge is -2.42. The molecule has 3 atom stereocenters. The number of piperidine rings is 1. The summed E-state index contributed by atoms with van der Waals surface area (Å²) >= 11 is 0. The fourth-order valence-electron chi connectivity index (χ4n) is 5.85. The van der Waals surface area contributed by atoms with E-state index in [1.165, 1.54) is 6.07 Å². The van der Waals surface area contributed by atoms with E-state index in [4.69, 9.17) is 9.47 Å². The molecule has 3 aromatic rings. The molecule has 11 nitrogen and oxygen atoms in total. The smallest absolute Gasteiger partial charge is 0.315 e. The van der Waals surface area contributed by atoms with Crippen molar-refractivity contribution < 1.29 is 24.7 Å². The molecule has 4 heterocycles. The number of aromatic amines is 1. The summed E-state index contributed by atoms with van der Waals surface area (Å²) in [6, 6.07) is 6.90. The maximum absolute atomic E-state index is 13.6. The number of aromatic nitrogens is 3. The van der Waals surface area contributed by atoms with E-state index in [2.05, 4.69) is 10.2 Å². The molecule has 35 heavy (non-hydrogen) atoms. The fourth-order valence-corrected chi connectivity index (χ4v) is 5.85. The number of ether oxygens (including phenoxy) is 2. The topological polar surface area (TPSA) is 137 Å². The number of rotatable bonds is 4. The zero-order valence-electron chi connectivity index (χ0n) is 19.3. The highest BCUT2D eigenvalue weighted by molar-refractivity contribution is 5.97. The second-order valence-corrected chi connectivity index (χ2v) is 9.37. The van der Waals surface area contributed by atoms with E-state index in [0.717, 1.165) is 34.5 Å². The second-order valence-electron chi connectivity index (χ2n) is 9.37. The zero-order chi connectivity index (χ0) is 24.4. The van der Waals surface area contributed by atoms with Crippen molar-refractivity contribution in [2.45, 2.75) is 25.3 Å². The molecule has 2 bridgehead atoms. The van der Waals surface area contributed by atoms with E-state index in [-0.39, 0.29) is 23.4 Å². The van der Waals surface area contributed by atoms with Gasteiger partial charge < -0.3 is 24.1 Å². The number of nitrogens with one attached hydrogen (secondary N) is 2. The third kappa shape index (κ3) is 3.27. The van der Waals surface area contributed by atoms with Crippen LogP contribution in [0.4, 0.5) is 5.69 Å². The number of likely N-dealkylation sites (tertiary alicyclic amines) is 1. The highest BCUT2D eigenvalue weighted by Crippen LogP contribution is 2.43. The van der Waals surface area contributed by atoms with Gasteiger partial charge in [0.1, 0.15) is 5.69 Å². The van der Waals surface area contributed by atoms with Crippen molar-refractivity contribution in [1.82, 2.24) is 19.7 Å². The van der Waals surface area contributed by atoms with E-state index < -0.39 is 10.8 Å². The van der Waals surface area contributed by atoms with Gasteiger partial charge in [0.15, 0.2) is 11.5 Å². The van der Waals surface area contributed by atoms with Crippen LogP contribution in [0.1, 0.15) is 39.6 Å². The number of benzene rings is 1. The zero-order valence-corrected chi connectivity index (χ0v) is 19.3. The molecule has 0 spiro atoms. The largest absolute Gasteiger partial charge is 0.595 e. The predicted octanol–water partition coefficient (Wildman–Crippen LogP) is 0.823. The fraction of sp³-hybridized carbons (Fsp3) is 0.375. The van der Waals surface area contributed by atoms with E-state index in [1.807, 2.05) is 17.0 Å². The normalized spacial score (nSPS) is 20.6. The SMILES string of the molecule is COc1cc2c(cc1OC)-c1n[nH]c(C(=O)N3CC4CC(C3)c3ccc([NH+]([O-])O)c(=O)n3C4)c1C2. The number of fused-ring (bicyclic) bond motifs is 7. The van der Waals surface area contributed by atoms with Gasteiger partial charge in [-0.25, -0.2) is 5.21 Å². The summed E-state index contributed by atoms with van der Waals surface area (Å²) in [5, 5.41) is 26.9. The molecule has 3 N–H and O–H groups in total. The Balaban J connectivity index is 1.29. The molecule has 1 fully saturated rings. The Morgan fingerprint density at radius 2 is 1.97 bits per heavy atom. The van der Waals surface area contributed by atoms with Gasteiger partial charge in [0, 0.05) is 54.9 Å². The molecule has 0 saturated carbocycles. The van der Waals surface area contributed by atoms with Gasteiger partial charge in [-0.15, -0.1) is 0 Å². The van der Waals surface area contributed by atoms with Crippen molar-refractivity contribution in [1.29, 1.82) is 0 Å². The van der Waals surface area contributed by atoms with Gasteiger partial charge in [-0.05, 0) is 36.1 Å². The molecule has 2 aliphatic heterocycles. The molecule has 3 aliphatic rings. The van der Waals surface area contributed by atoms with Crippen LogP contribution in [0.3, 0.4) is 0 Å². The van der Waals surface area contributed by atoms with Crippen LogP contribution in [0.25, 0.3) is 11.3 Å². The van der Waals surface area contributed by atoms with Crippen molar-refractivity contribution in [3.63, 3.8) is 0 Å². The quantitative estimate of drug-likeness (QED) is 0.369. The van der Waals surface area contributed by atoms with Gasteiger partial charge >= 0.3 is 5.56 Å². The number of amides is 1. The first kappa shape index (κ1) is 21.8. The summed E-state index contributed by atoms with van der Waals surface area (Å²) in [6.07, 6.45) is 1.43. The molecule has 11 heteroatoms. The Hall–Kier alpha value is -3.67. The molecule has 1 amide bonds. The van der Waals surface area contributed by atoms with Crippen LogP contribution in [0.5, 0.6) is 11.5 Å². The van der Waals surface area contributed by atoms with Crippen molar-refractivity contribution in [3.05, 3.63) is 62.3 Å². The van der Waals surface area contributed by atoms with Gasteiger partial charge in [0.25, 0.3) is 5.91 Å². The van der Waals surface area contributed by atoms with Crippen LogP contribution in [0.2, 0.25) is 0 Å². The Bertz CT molecular complexity index is 1410. The molecule has 1 saturated heterocycles. The van der Waals surface area contributed by atoms with E-state index in [1.54, 1.807) is 24.9 Å². The summed E-state index contributed by atoms with van der Waals surface area (Å²) in [6.45, 7) is 1.37. The van der Waals surface area contributed by atoms with Gasteiger partial charge in [-0.1, -0.05) is 0 Å². The highest BCUT2D eigenvalue weighted by Gasteiger charge is 2.39. The van der Waals surface area contributed by atoms with Crippen molar-refractivity contribution in [3.8, 4) is 22.8 Å². The molecule has 2 aromatic heterocycles. The third-order valence-electron chi connectivity index (χ3n) is 7.43. The minimum absolute atomic E-state index is 0.0244. The lowest BCUT2D eigenvalue weighted by atomic mass is 9.83. The van der Waals surface area contributed by atoms with Gasteiger partial charge in [0.05, 0.1) is 19.9 Å². The van der Waals surface area contributed by atoms with E-state index in [0.29, 0.717) is 43.2 Å². The highest BCUT2D eigenvalue weighted by atomic mass is 16.8. The number of H-pyrrole nitrogens is 1. The first-order valence-electron chi connectivity index (χ1n) is 11.5. The van der Waals surface area contributed by atoms with Gasteiger partial charge in [-0.2, -0.15) is 10.3 Å². The number of hydrogen-bond donors (Lipinski definition) is 3. The Labute approximate surface area is 200 Å². The average Bonchev–Trinajstić information content (AvgIpc) is 3.42. The maximum Gasteiger partial charge on any atom is 0.315 e. The third-order valence-corrected chi connectivity index (χ3v) is 7.43. The summed E-state index contributed by atoms with van der Waals surface area (Å²) in [5.41, 5.74) is 4.13. The number of carbonyl (C=O) groups is 1. The minimum Gasteiger partial charge on any atom is -0.595 e. The first-order valence-corrected chi connectivity index (χ1v) is 11.5. The van der Waals surface area contributed by atoms with Crippen LogP contribution in [-0.4, -0.2) is 58.1 Å². The van der Waals surface area contributed by atoms with E-state index in [9.17, 15) is 20.0 Å². The maximum atomic E-state index is 13.6. The number of nitrogens with zero attached hydrogens (tertiary/aromatic N) is 3. The summed E-state index contributed by atoms with van der Waals surface area (Å²) in [4.78, 5) is 28.1. The lowest BCUT2D eigenvalue weighted by Crippen LogP contribution is -3.00. The van der Waals surface area contributed by atoms with Gasteiger partial charge in [-0.3, -0.25) is 14.7 Å². The first-order chi connectivity index (χ1) is 16.9. The summed E-state index contributed by atoms with van der Waals surface area (Å²) < 4.78 is 12.4. The standard InChI is InChI=1S/C24H25N5O6/c1-34-19-7-13-6-16-21(15(13)8-20(19)35-2)25-26-22(16)24(31)27-9-12-5-14(11-27)17-3-4-18(29(32)33)23(30)28(17)10-12/h3-4,7-8,12,14,29,32H,5-6,9-11H2,1-2H3,(H,25,26). The molecule has 1 aromatic carbocycles. The average molecular weight is 479 g/mol. The molecule has 6 rings (SSSR count). The molecule has 0 radical (unpaired) electrons. The minimum atomic E-state index is -1.22. The Morgan fingerprint density at radius 1 is 1.20 bits per heavy atom. The van der Waals surface area contributed by atoms with Crippen LogP contribution < -0.4 is 20.3 Å². The van der Waals surface area contributed by atoms with Crippen molar-refractivity contribution in [2.75, 3.05) is 27.3 Å². The van der Waals surface area contributed by atoms with E-state index >= 15 is 0 Å². The number of pyridine rings is 1. The van der Waals surface area contributed by atoms with Crippen LogP contribution in [0, 0.1) is 11.1 Å². The summed E-state index contributed by atoms with van der Waals surface area (Å²) in [5.74, 6) is 1.19. The number of hydrogen-bond acceptors (Lipinski definition) is 7. The molecular weight excluding hydrogens is 454 g/mol. The molecule has 3 unspecified atom stereocenters. The predicted molar refractivity (Wildman–Crippen MR) is 123 cm³/mol. The molecule has 182 valence electrons. The number of methoxy groups -OCH3 is 2. The van der Waals surface area contributed by atoms with Crippen molar-refractivity contribution >= 4 is 11.6 Å². The lowest BCUT2D eigenvalue weighted by molar-refractivity contribution is -0.992. The van der Waals surface area contributed by atoms with Crippen LogP contribution >= 0.6 is 0 Å². The molecular formula is C24H25N5O6.